The van der Waals surface area contributed by atoms with E-state index in [9.17, 15) is 13.2 Å². The highest BCUT2D eigenvalue weighted by molar-refractivity contribution is 5.68. The van der Waals surface area contributed by atoms with Crippen molar-refractivity contribution in [3.63, 3.8) is 0 Å². The molecule has 3 nitrogen and oxygen atoms in total. The molecule has 0 N–H and O–H groups in total. The molecule has 0 aliphatic heterocycles. The molecule has 1 fully saturated rings. The first-order chi connectivity index (χ1) is 19.9. The van der Waals surface area contributed by atoms with Crippen molar-refractivity contribution in [2.24, 2.45) is 5.92 Å². The van der Waals surface area contributed by atoms with Crippen molar-refractivity contribution in [3.05, 3.63) is 102 Å². The predicted octanol–water partition coefficient (Wildman–Crippen LogP) is 9.62. The van der Waals surface area contributed by atoms with Crippen LogP contribution in [0.1, 0.15) is 68.7 Å². The Morgan fingerprint density at radius 2 is 1.44 bits per heavy atom. The van der Waals surface area contributed by atoms with Crippen LogP contribution in [0.2, 0.25) is 0 Å². The van der Waals surface area contributed by atoms with E-state index in [1.54, 1.807) is 12.1 Å². The monoisotopic (exact) mass is 559 g/mol. The maximum Gasteiger partial charge on any atom is 0.416 e. The molecule has 216 valence electrons. The summed E-state index contributed by atoms with van der Waals surface area (Å²) in [4.78, 5) is 7.47. The first kappa shape index (κ1) is 29.1. The summed E-state index contributed by atoms with van der Waals surface area (Å²) in [5.74, 6) is 1.41. The van der Waals surface area contributed by atoms with Gasteiger partial charge in [-0.3, -0.25) is 4.90 Å². The van der Waals surface area contributed by atoms with Crippen LogP contribution >= 0.6 is 0 Å². The molecule has 1 aliphatic carbocycles. The molecular weight excluding hydrogens is 519 g/mol. The SMILES string of the molecule is CCCCn1c(-c2ccccc2)nc(-c2ccccc2)c1CN(Cc1ccccc1C(F)(F)F)CC1CCCCC1. The highest BCUT2D eigenvalue weighted by Crippen LogP contribution is 2.35. The van der Waals surface area contributed by atoms with Crippen molar-refractivity contribution in [3.8, 4) is 22.6 Å². The number of hydrogen-bond donors (Lipinski definition) is 0. The van der Waals surface area contributed by atoms with Gasteiger partial charge in [-0.05, 0) is 36.8 Å². The van der Waals surface area contributed by atoms with Gasteiger partial charge < -0.3 is 4.57 Å². The lowest BCUT2D eigenvalue weighted by atomic mass is 9.88. The first-order valence-electron chi connectivity index (χ1n) is 15.0. The molecule has 1 aliphatic rings. The van der Waals surface area contributed by atoms with Gasteiger partial charge in [0.15, 0.2) is 0 Å². The molecule has 1 saturated carbocycles. The number of nitrogens with zero attached hydrogens (tertiary/aromatic N) is 3. The Kier molecular flexibility index (Phi) is 9.60. The highest BCUT2D eigenvalue weighted by Gasteiger charge is 2.34. The van der Waals surface area contributed by atoms with E-state index in [4.69, 9.17) is 4.98 Å². The van der Waals surface area contributed by atoms with E-state index in [-0.39, 0.29) is 6.54 Å². The van der Waals surface area contributed by atoms with Crippen LogP contribution in [0, 0.1) is 5.92 Å². The smallest absolute Gasteiger partial charge is 0.326 e. The van der Waals surface area contributed by atoms with Crippen LogP contribution in [0.25, 0.3) is 22.6 Å². The minimum atomic E-state index is -4.38. The summed E-state index contributed by atoms with van der Waals surface area (Å²) >= 11 is 0. The van der Waals surface area contributed by atoms with Crippen molar-refractivity contribution in [1.82, 2.24) is 14.5 Å². The number of benzene rings is 3. The number of rotatable bonds is 11. The summed E-state index contributed by atoms with van der Waals surface area (Å²) in [5, 5.41) is 0. The van der Waals surface area contributed by atoms with Gasteiger partial charge in [-0.2, -0.15) is 13.2 Å². The van der Waals surface area contributed by atoms with Gasteiger partial charge in [0.05, 0.1) is 17.0 Å². The quantitative estimate of drug-likeness (QED) is 0.182. The molecule has 4 aromatic rings. The van der Waals surface area contributed by atoms with E-state index in [1.807, 2.05) is 36.4 Å². The van der Waals surface area contributed by atoms with E-state index in [1.165, 1.54) is 31.4 Å². The Labute approximate surface area is 242 Å². The lowest BCUT2D eigenvalue weighted by molar-refractivity contribution is -0.138. The fourth-order valence-electron chi connectivity index (χ4n) is 6.15. The number of alkyl halides is 3. The molecule has 0 radical (unpaired) electrons. The third-order valence-electron chi connectivity index (χ3n) is 8.22. The molecule has 5 rings (SSSR count). The minimum Gasteiger partial charge on any atom is -0.326 e. The van der Waals surface area contributed by atoms with Gasteiger partial charge in [-0.25, -0.2) is 4.98 Å². The number of hydrogen-bond acceptors (Lipinski definition) is 2. The zero-order chi connectivity index (χ0) is 28.7. The third kappa shape index (κ3) is 7.28. The summed E-state index contributed by atoms with van der Waals surface area (Å²) in [6, 6.07) is 26.5. The average molecular weight is 560 g/mol. The van der Waals surface area contributed by atoms with Crippen molar-refractivity contribution in [2.75, 3.05) is 6.54 Å². The topological polar surface area (TPSA) is 21.1 Å². The maximum absolute atomic E-state index is 14.0. The van der Waals surface area contributed by atoms with Crippen LogP contribution in [0.15, 0.2) is 84.9 Å². The van der Waals surface area contributed by atoms with E-state index < -0.39 is 11.7 Å². The zero-order valence-electron chi connectivity index (χ0n) is 23.9. The first-order valence-corrected chi connectivity index (χ1v) is 15.0. The molecule has 0 saturated heterocycles. The van der Waals surface area contributed by atoms with Crippen molar-refractivity contribution < 1.29 is 13.2 Å². The van der Waals surface area contributed by atoms with E-state index in [2.05, 4.69) is 40.7 Å². The van der Waals surface area contributed by atoms with Gasteiger partial charge in [-0.1, -0.05) is 111 Å². The number of halogens is 3. The van der Waals surface area contributed by atoms with Crippen LogP contribution in [0.4, 0.5) is 13.2 Å². The van der Waals surface area contributed by atoms with Gasteiger partial charge in [0.2, 0.25) is 0 Å². The molecule has 41 heavy (non-hydrogen) atoms. The summed E-state index contributed by atoms with van der Waals surface area (Å²) in [6.07, 6.45) is 3.55. The number of imidazole rings is 1. The summed E-state index contributed by atoms with van der Waals surface area (Å²) in [5.41, 5.74) is 3.86. The van der Waals surface area contributed by atoms with Crippen LogP contribution in [-0.2, 0) is 25.8 Å². The molecule has 0 unspecified atom stereocenters. The van der Waals surface area contributed by atoms with Gasteiger partial charge in [0.1, 0.15) is 5.82 Å². The summed E-state index contributed by atoms with van der Waals surface area (Å²) in [7, 11) is 0. The van der Waals surface area contributed by atoms with Crippen molar-refractivity contribution >= 4 is 0 Å². The second kappa shape index (κ2) is 13.5. The van der Waals surface area contributed by atoms with Crippen molar-refractivity contribution in [2.45, 2.75) is 77.7 Å². The lowest BCUT2D eigenvalue weighted by Crippen LogP contribution is -2.32. The van der Waals surface area contributed by atoms with Crippen LogP contribution < -0.4 is 0 Å². The molecule has 6 heteroatoms. The van der Waals surface area contributed by atoms with Crippen LogP contribution in [0.3, 0.4) is 0 Å². The van der Waals surface area contributed by atoms with Crippen LogP contribution in [-0.4, -0.2) is 21.0 Å². The Morgan fingerprint density at radius 3 is 2.10 bits per heavy atom. The average Bonchev–Trinajstić information content (AvgIpc) is 3.35. The highest BCUT2D eigenvalue weighted by atomic mass is 19.4. The second-order valence-electron chi connectivity index (χ2n) is 11.3. The fraction of sp³-hybridized carbons (Fsp3) is 0.400. The second-order valence-corrected chi connectivity index (χ2v) is 11.3. The number of aromatic nitrogens is 2. The molecule has 0 spiro atoms. The van der Waals surface area contributed by atoms with Gasteiger partial charge >= 0.3 is 6.18 Å². The molecule has 1 heterocycles. The largest absolute Gasteiger partial charge is 0.416 e. The van der Waals surface area contributed by atoms with E-state index in [0.29, 0.717) is 18.0 Å². The van der Waals surface area contributed by atoms with Gasteiger partial charge in [-0.15, -0.1) is 0 Å². The molecule has 1 aromatic heterocycles. The van der Waals surface area contributed by atoms with Gasteiger partial charge in [0, 0.05) is 37.3 Å². The number of unbranched alkanes of at least 4 members (excludes halogenated alkanes) is 1. The minimum absolute atomic E-state index is 0.250. The Hall–Kier alpha value is -3.38. The zero-order valence-corrected chi connectivity index (χ0v) is 23.9. The maximum atomic E-state index is 14.0. The van der Waals surface area contributed by atoms with E-state index in [0.717, 1.165) is 67.1 Å². The Morgan fingerprint density at radius 1 is 0.805 bits per heavy atom. The Balaban J connectivity index is 1.60. The summed E-state index contributed by atoms with van der Waals surface area (Å²) in [6.45, 7) is 4.56. The molecule has 0 amide bonds. The predicted molar refractivity (Wildman–Crippen MR) is 160 cm³/mol. The summed E-state index contributed by atoms with van der Waals surface area (Å²) < 4.78 is 44.4. The fourth-order valence-corrected chi connectivity index (χ4v) is 6.15. The van der Waals surface area contributed by atoms with Crippen molar-refractivity contribution in [1.29, 1.82) is 0 Å². The van der Waals surface area contributed by atoms with Gasteiger partial charge in [0.25, 0.3) is 0 Å². The van der Waals surface area contributed by atoms with Crippen LogP contribution in [0.5, 0.6) is 0 Å². The normalized spacial score (nSPS) is 14.6. The Bertz CT molecular complexity index is 1370. The lowest BCUT2D eigenvalue weighted by Gasteiger charge is -2.31. The third-order valence-corrected chi connectivity index (χ3v) is 8.22. The molecule has 3 aromatic carbocycles. The molecular formula is C35H40F3N3. The van der Waals surface area contributed by atoms with E-state index >= 15 is 0 Å². The standard InChI is InChI=1S/C35H40F3N3/c1-2-3-23-41-32(33(28-17-9-5-10-18-28)39-34(41)29-19-11-6-12-20-29)26-40(24-27-15-7-4-8-16-27)25-30-21-13-14-22-31(30)35(36,37)38/h5-6,9-14,17-22,27H,2-4,7-8,15-16,23-26H2,1H3. The molecule has 0 bridgehead atoms. The molecule has 0 atom stereocenters.